The molecule has 0 aliphatic heterocycles. The number of hydrogen-bond donors (Lipinski definition) is 0. The molecule has 2 nitrogen and oxygen atoms in total. The highest BCUT2D eigenvalue weighted by molar-refractivity contribution is 4.54. The first-order chi connectivity index (χ1) is 5.35. The lowest BCUT2D eigenvalue weighted by molar-refractivity contribution is 0.147. The van der Waals surface area contributed by atoms with Crippen molar-refractivity contribution in [2.45, 2.75) is 26.7 Å². The number of hydrogen-bond acceptors (Lipinski definition) is 2. The van der Waals surface area contributed by atoms with Crippen molar-refractivity contribution in [1.29, 1.82) is 0 Å². The largest absolute Gasteiger partial charge is 0.383 e. The minimum Gasteiger partial charge on any atom is -0.383 e. The van der Waals surface area contributed by atoms with Crippen molar-refractivity contribution in [3.8, 4) is 0 Å². The zero-order valence-electron chi connectivity index (χ0n) is 8.10. The molecule has 0 amide bonds. The van der Waals surface area contributed by atoms with E-state index in [4.69, 9.17) is 4.74 Å². The van der Waals surface area contributed by atoms with Gasteiger partial charge in [0, 0.05) is 13.7 Å². The van der Waals surface area contributed by atoms with Crippen molar-refractivity contribution in [2.75, 3.05) is 33.4 Å². The smallest absolute Gasteiger partial charge is 0.0589 e. The Morgan fingerprint density at radius 3 is 1.91 bits per heavy atom. The van der Waals surface area contributed by atoms with Crippen molar-refractivity contribution in [3.63, 3.8) is 0 Å². The van der Waals surface area contributed by atoms with Gasteiger partial charge in [0.15, 0.2) is 0 Å². The summed E-state index contributed by atoms with van der Waals surface area (Å²) >= 11 is 0. The molecule has 0 fully saturated rings. The van der Waals surface area contributed by atoms with Gasteiger partial charge in [0.25, 0.3) is 0 Å². The summed E-state index contributed by atoms with van der Waals surface area (Å²) in [6, 6.07) is 0. The Morgan fingerprint density at radius 1 is 1.00 bits per heavy atom. The van der Waals surface area contributed by atoms with Gasteiger partial charge in [-0.25, -0.2) is 0 Å². The van der Waals surface area contributed by atoms with E-state index in [1.165, 1.54) is 25.9 Å². The molecule has 68 valence electrons. The van der Waals surface area contributed by atoms with Gasteiger partial charge in [-0.15, -0.1) is 0 Å². The molecule has 0 unspecified atom stereocenters. The van der Waals surface area contributed by atoms with Crippen LogP contribution in [0, 0.1) is 0 Å². The first kappa shape index (κ1) is 10.9. The lowest BCUT2D eigenvalue weighted by Gasteiger charge is -2.19. The molecular weight excluding hydrogens is 138 g/mol. The van der Waals surface area contributed by atoms with Crippen LogP contribution in [-0.4, -0.2) is 38.3 Å². The predicted octanol–water partition coefficient (Wildman–Crippen LogP) is 1.75. The highest BCUT2D eigenvalue weighted by Gasteiger charge is 1.99. The second-order valence-corrected chi connectivity index (χ2v) is 2.83. The summed E-state index contributed by atoms with van der Waals surface area (Å²) in [5.74, 6) is 0. The topological polar surface area (TPSA) is 12.5 Å². The van der Waals surface area contributed by atoms with Gasteiger partial charge in [-0.3, -0.25) is 0 Å². The van der Waals surface area contributed by atoms with Crippen molar-refractivity contribution in [2.24, 2.45) is 0 Å². The molecule has 0 radical (unpaired) electrons. The van der Waals surface area contributed by atoms with Crippen LogP contribution in [0.1, 0.15) is 26.7 Å². The van der Waals surface area contributed by atoms with Crippen LogP contribution in [0.3, 0.4) is 0 Å². The van der Waals surface area contributed by atoms with Crippen LogP contribution in [0.15, 0.2) is 0 Å². The van der Waals surface area contributed by atoms with Gasteiger partial charge in [-0.05, 0) is 25.9 Å². The Hall–Kier alpha value is -0.0800. The third-order valence-electron chi connectivity index (χ3n) is 1.69. The molecular formula is C9H21NO. The number of rotatable bonds is 7. The second-order valence-electron chi connectivity index (χ2n) is 2.83. The van der Waals surface area contributed by atoms with Crippen LogP contribution in [0.5, 0.6) is 0 Å². The van der Waals surface area contributed by atoms with Crippen LogP contribution in [-0.2, 0) is 4.74 Å². The minimum atomic E-state index is 0.861. The van der Waals surface area contributed by atoms with Crippen molar-refractivity contribution in [1.82, 2.24) is 4.90 Å². The van der Waals surface area contributed by atoms with Crippen molar-refractivity contribution < 1.29 is 4.74 Å². The molecule has 0 aliphatic carbocycles. The van der Waals surface area contributed by atoms with E-state index in [-0.39, 0.29) is 0 Å². The highest BCUT2D eigenvalue weighted by Crippen LogP contribution is 1.93. The Morgan fingerprint density at radius 2 is 1.55 bits per heavy atom. The van der Waals surface area contributed by atoms with Gasteiger partial charge in [0.1, 0.15) is 0 Å². The van der Waals surface area contributed by atoms with Crippen LogP contribution in [0.4, 0.5) is 0 Å². The number of ether oxygens (including phenoxy) is 1. The minimum absolute atomic E-state index is 0.861. The summed E-state index contributed by atoms with van der Waals surface area (Å²) in [5.41, 5.74) is 0. The summed E-state index contributed by atoms with van der Waals surface area (Å²) < 4.78 is 5.02. The highest BCUT2D eigenvalue weighted by atomic mass is 16.5. The third-order valence-corrected chi connectivity index (χ3v) is 1.69. The molecule has 0 aromatic carbocycles. The average molecular weight is 159 g/mol. The fraction of sp³-hybridized carbons (Fsp3) is 1.00. The summed E-state index contributed by atoms with van der Waals surface area (Å²) in [6.07, 6.45) is 2.48. The van der Waals surface area contributed by atoms with E-state index in [2.05, 4.69) is 18.7 Å². The molecule has 0 aromatic heterocycles. The quantitative estimate of drug-likeness (QED) is 0.561. The molecule has 0 spiro atoms. The van der Waals surface area contributed by atoms with Crippen molar-refractivity contribution >= 4 is 0 Å². The van der Waals surface area contributed by atoms with Crippen LogP contribution < -0.4 is 0 Å². The van der Waals surface area contributed by atoms with E-state index in [0.29, 0.717) is 0 Å². The maximum atomic E-state index is 5.02. The SMILES string of the molecule is CCCN(CCC)CCOC. The third kappa shape index (κ3) is 6.32. The molecule has 0 saturated heterocycles. The summed E-state index contributed by atoms with van der Waals surface area (Å²) in [4.78, 5) is 2.45. The first-order valence-corrected chi connectivity index (χ1v) is 4.56. The second kappa shape index (κ2) is 8.02. The maximum absolute atomic E-state index is 5.02. The molecule has 11 heavy (non-hydrogen) atoms. The predicted molar refractivity (Wildman–Crippen MR) is 48.9 cm³/mol. The van der Waals surface area contributed by atoms with Crippen molar-refractivity contribution in [3.05, 3.63) is 0 Å². The molecule has 0 N–H and O–H groups in total. The summed E-state index contributed by atoms with van der Waals surface area (Å²) in [6.45, 7) is 8.79. The van der Waals surface area contributed by atoms with Gasteiger partial charge in [-0.2, -0.15) is 0 Å². The van der Waals surface area contributed by atoms with E-state index in [9.17, 15) is 0 Å². The lowest BCUT2D eigenvalue weighted by atomic mass is 10.3. The average Bonchev–Trinajstić information content (AvgIpc) is 2.01. The Kier molecular flexibility index (Phi) is 7.96. The maximum Gasteiger partial charge on any atom is 0.0589 e. The van der Waals surface area contributed by atoms with Gasteiger partial charge in [0.05, 0.1) is 6.61 Å². The monoisotopic (exact) mass is 159 g/mol. The number of nitrogens with zero attached hydrogens (tertiary/aromatic N) is 1. The van der Waals surface area contributed by atoms with E-state index in [1.54, 1.807) is 7.11 Å². The van der Waals surface area contributed by atoms with Gasteiger partial charge < -0.3 is 9.64 Å². The van der Waals surface area contributed by atoms with Gasteiger partial charge in [0.2, 0.25) is 0 Å². The molecule has 0 rings (SSSR count). The van der Waals surface area contributed by atoms with E-state index < -0.39 is 0 Å². The Bertz CT molecular complexity index is 70.0. The standard InChI is InChI=1S/C9H21NO/c1-4-6-10(7-5-2)8-9-11-3/h4-9H2,1-3H3. The molecule has 0 aliphatic rings. The van der Waals surface area contributed by atoms with Gasteiger partial charge >= 0.3 is 0 Å². The lowest BCUT2D eigenvalue weighted by Crippen LogP contribution is -2.28. The Labute approximate surface area is 70.5 Å². The molecule has 0 saturated carbocycles. The van der Waals surface area contributed by atoms with E-state index in [0.717, 1.165) is 13.2 Å². The molecule has 0 atom stereocenters. The zero-order chi connectivity index (χ0) is 8.53. The fourth-order valence-corrected chi connectivity index (χ4v) is 1.19. The fourth-order valence-electron chi connectivity index (χ4n) is 1.19. The molecule has 0 bridgehead atoms. The zero-order valence-corrected chi connectivity index (χ0v) is 8.10. The van der Waals surface area contributed by atoms with E-state index >= 15 is 0 Å². The molecule has 0 aromatic rings. The molecule has 0 heterocycles. The Balaban J connectivity index is 3.34. The van der Waals surface area contributed by atoms with Crippen LogP contribution in [0.25, 0.3) is 0 Å². The summed E-state index contributed by atoms with van der Waals surface area (Å²) in [7, 11) is 1.76. The first-order valence-electron chi connectivity index (χ1n) is 4.56. The normalized spacial score (nSPS) is 10.9. The van der Waals surface area contributed by atoms with Gasteiger partial charge in [-0.1, -0.05) is 13.8 Å². The van der Waals surface area contributed by atoms with Crippen LogP contribution >= 0.6 is 0 Å². The summed E-state index contributed by atoms with van der Waals surface area (Å²) in [5, 5.41) is 0. The van der Waals surface area contributed by atoms with E-state index in [1.807, 2.05) is 0 Å². The number of methoxy groups -OCH3 is 1. The molecule has 2 heteroatoms. The van der Waals surface area contributed by atoms with Crippen LogP contribution in [0.2, 0.25) is 0 Å².